The van der Waals surface area contributed by atoms with Crippen LogP contribution in [0.3, 0.4) is 0 Å². The molecule has 26 heavy (non-hydrogen) atoms. The highest BCUT2D eigenvalue weighted by Crippen LogP contribution is 2.34. The topological polar surface area (TPSA) is 77.8 Å². The van der Waals surface area contributed by atoms with E-state index in [0.29, 0.717) is 12.5 Å². The predicted octanol–water partition coefficient (Wildman–Crippen LogP) is 3.22. The molecule has 3 heterocycles. The van der Waals surface area contributed by atoms with Gasteiger partial charge in [-0.1, -0.05) is 18.9 Å². The summed E-state index contributed by atoms with van der Waals surface area (Å²) in [6.45, 7) is 0.502. The summed E-state index contributed by atoms with van der Waals surface area (Å²) in [7, 11) is 3.62. The molecular formula is C19H24N6O. The molecule has 4 rings (SSSR count). The number of aryl methyl sites for hydroxylation is 1. The Balaban J connectivity index is 1.74. The fraction of sp³-hybridized carbons (Fsp3) is 0.474. The molecule has 0 saturated heterocycles. The number of methoxy groups -OCH3 is 1. The van der Waals surface area contributed by atoms with Crippen molar-refractivity contribution in [1.82, 2.24) is 24.7 Å². The zero-order valence-electron chi connectivity index (χ0n) is 15.2. The van der Waals surface area contributed by atoms with E-state index in [9.17, 15) is 0 Å². The van der Waals surface area contributed by atoms with E-state index in [-0.39, 0.29) is 6.04 Å². The molecule has 0 radical (unpaired) electrons. The summed E-state index contributed by atoms with van der Waals surface area (Å²) in [5.74, 6) is 2.15. The molecule has 1 fully saturated rings. The molecule has 1 N–H and O–H groups in total. The highest BCUT2D eigenvalue weighted by atomic mass is 16.5. The minimum absolute atomic E-state index is 0.0871. The van der Waals surface area contributed by atoms with Crippen molar-refractivity contribution in [1.29, 1.82) is 0 Å². The van der Waals surface area contributed by atoms with Crippen molar-refractivity contribution < 1.29 is 4.74 Å². The number of nitrogens with zero attached hydrogens (tertiary/aromatic N) is 5. The van der Waals surface area contributed by atoms with Gasteiger partial charge in [-0.15, -0.1) is 0 Å². The van der Waals surface area contributed by atoms with Crippen molar-refractivity contribution in [2.45, 2.75) is 37.6 Å². The van der Waals surface area contributed by atoms with Crippen molar-refractivity contribution >= 4 is 16.9 Å². The van der Waals surface area contributed by atoms with Crippen LogP contribution in [-0.2, 0) is 11.8 Å². The van der Waals surface area contributed by atoms with Crippen molar-refractivity contribution in [2.75, 3.05) is 19.0 Å². The predicted molar refractivity (Wildman–Crippen MR) is 100.0 cm³/mol. The first kappa shape index (κ1) is 16.9. The van der Waals surface area contributed by atoms with Crippen LogP contribution in [0.15, 0.2) is 30.6 Å². The first-order valence-electron chi connectivity index (χ1n) is 9.12. The first-order chi connectivity index (χ1) is 12.8. The van der Waals surface area contributed by atoms with Gasteiger partial charge in [0, 0.05) is 26.3 Å². The lowest BCUT2D eigenvalue weighted by Gasteiger charge is -2.19. The molecule has 0 bridgehead atoms. The Morgan fingerprint density at radius 1 is 1.27 bits per heavy atom. The highest BCUT2D eigenvalue weighted by molar-refractivity contribution is 5.86. The highest BCUT2D eigenvalue weighted by Gasteiger charge is 2.23. The SMILES string of the molecule is COC[C@@H](Nc1nc(C2CCCC2)nc2c1cnn2C)c1ccccn1. The fourth-order valence-electron chi connectivity index (χ4n) is 3.63. The third-order valence-corrected chi connectivity index (χ3v) is 5.02. The van der Waals surface area contributed by atoms with Crippen LogP contribution in [-0.4, -0.2) is 38.4 Å². The number of ether oxygens (including phenoxy) is 1. The molecule has 0 amide bonds. The monoisotopic (exact) mass is 352 g/mol. The zero-order valence-corrected chi connectivity index (χ0v) is 15.2. The van der Waals surface area contributed by atoms with E-state index in [1.807, 2.05) is 36.1 Å². The second-order valence-corrected chi connectivity index (χ2v) is 6.82. The van der Waals surface area contributed by atoms with Gasteiger partial charge >= 0.3 is 0 Å². The Kier molecular flexibility index (Phi) is 4.79. The fourth-order valence-corrected chi connectivity index (χ4v) is 3.63. The van der Waals surface area contributed by atoms with Gasteiger partial charge in [-0.3, -0.25) is 9.67 Å². The molecule has 7 nitrogen and oxygen atoms in total. The zero-order chi connectivity index (χ0) is 17.9. The van der Waals surface area contributed by atoms with Gasteiger partial charge in [0.05, 0.1) is 29.9 Å². The summed E-state index contributed by atoms with van der Waals surface area (Å²) in [5.41, 5.74) is 1.79. The van der Waals surface area contributed by atoms with E-state index in [4.69, 9.17) is 14.7 Å². The van der Waals surface area contributed by atoms with Gasteiger partial charge < -0.3 is 10.1 Å². The number of fused-ring (bicyclic) bond motifs is 1. The van der Waals surface area contributed by atoms with E-state index < -0.39 is 0 Å². The Morgan fingerprint density at radius 2 is 2.12 bits per heavy atom. The molecule has 0 unspecified atom stereocenters. The molecule has 1 aliphatic carbocycles. The molecular weight excluding hydrogens is 328 g/mol. The van der Waals surface area contributed by atoms with Gasteiger partial charge in [-0.25, -0.2) is 9.97 Å². The van der Waals surface area contributed by atoms with E-state index >= 15 is 0 Å². The van der Waals surface area contributed by atoms with Crippen molar-refractivity contribution in [3.05, 3.63) is 42.1 Å². The molecule has 136 valence electrons. The minimum Gasteiger partial charge on any atom is -0.382 e. The third-order valence-electron chi connectivity index (χ3n) is 5.02. The van der Waals surface area contributed by atoms with Gasteiger partial charge in [-0.05, 0) is 25.0 Å². The summed E-state index contributed by atoms with van der Waals surface area (Å²) < 4.78 is 7.22. The Morgan fingerprint density at radius 3 is 2.85 bits per heavy atom. The molecule has 1 atom stereocenters. The molecule has 0 aliphatic heterocycles. The quantitative estimate of drug-likeness (QED) is 0.734. The van der Waals surface area contributed by atoms with Gasteiger partial charge in [-0.2, -0.15) is 5.10 Å². The Hall–Kier alpha value is -2.54. The summed E-state index contributed by atoms with van der Waals surface area (Å²) in [6, 6.07) is 5.80. The van der Waals surface area contributed by atoms with E-state index in [2.05, 4.69) is 15.4 Å². The van der Waals surface area contributed by atoms with E-state index in [1.165, 1.54) is 12.8 Å². The summed E-state index contributed by atoms with van der Waals surface area (Å²) in [5, 5.41) is 8.82. The van der Waals surface area contributed by atoms with Crippen LogP contribution < -0.4 is 5.32 Å². The summed E-state index contributed by atoms with van der Waals surface area (Å²) in [4.78, 5) is 14.2. The van der Waals surface area contributed by atoms with Crippen LogP contribution in [0, 0.1) is 0 Å². The lowest BCUT2D eigenvalue weighted by Crippen LogP contribution is -2.19. The Bertz CT molecular complexity index is 872. The van der Waals surface area contributed by atoms with Crippen LogP contribution in [0.5, 0.6) is 0 Å². The molecule has 7 heteroatoms. The minimum atomic E-state index is -0.0871. The Labute approximate surface area is 152 Å². The van der Waals surface area contributed by atoms with Crippen LogP contribution in [0.2, 0.25) is 0 Å². The van der Waals surface area contributed by atoms with Gasteiger partial charge in [0.25, 0.3) is 0 Å². The number of pyridine rings is 1. The lowest BCUT2D eigenvalue weighted by atomic mass is 10.1. The van der Waals surface area contributed by atoms with Crippen LogP contribution in [0.25, 0.3) is 11.0 Å². The van der Waals surface area contributed by atoms with Crippen molar-refractivity contribution in [3.8, 4) is 0 Å². The van der Waals surface area contributed by atoms with Crippen LogP contribution in [0.4, 0.5) is 5.82 Å². The van der Waals surface area contributed by atoms with Crippen molar-refractivity contribution in [3.63, 3.8) is 0 Å². The number of rotatable bonds is 6. The second kappa shape index (κ2) is 7.37. The molecule has 0 spiro atoms. The van der Waals surface area contributed by atoms with Gasteiger partial charge in [0.2, 0.25) is 0 Å². The van der Waals surface area contributed by atoms with Crippen LogP contribution >= 0.6 is 0 Å². The molecule has 1 saturated carbocycles. The summed E-state index contributed by atoms with van der Waals surface area (Å²) in [6.07, 6.45) is 8.43. The summed E-state index contributed by atoms with van der Waals surface area (Å²) >= 11 is 0. The maximum Gasteiger partial charge on any atom is 0.163 e. The second-order valence-electron chi connectivity index (χ2n) is 6.82. The molecule has 1 aliphatic rings. The maximum atomic E-state index is 5.41. The van der Waals surface area contributed by atoms with E-state index in [1.54, 1.807) is 13.3 Å². The number of aromatic nitrogens is 5. The first-order valence-corrected chi connectivity index (χ1v) is 9.12. The average molecular weight is 352 g/mol. The van der Waals surface area contributed by atoms with E-state index in [0.717, 1.165) is 41.2 Å². The average Bonchev–Trinajstić information content (AvgIpc) is 3.33. The molecule has 3 aromatic heterocycles. The van der Waals surface area contributed by atoms with Crippen LogP contribution in [0.1, 0.15) is 49.2 Å². The third kappa shape index (κ3) is 3.26. The largest absolute Gasteiger partial charge is 0.382 e. The number of anilines is 1. The smallest absolute Gasteiger partial charge is 0.163 e. The maximum absolute atomic E-state index is 5.41. The standard InChI is InChI=1S/C19H24N6O/c1-25-19-14(11-21-25)18(23-17(24-19)13-7-3-4-8-13)22-16(12-26-2)15-9-5-6-10-20-15/h5-6,9-11,13,16H,3-4,7-8,12H2,1-2H3,(H,22,23,24)/t16-/m1/s1. The van der Waals surface area contributed by atoms with Crippen molar-refractivity contribution in [2.24, 2.45) is 7.05 Å². The normalized spacial score (nSPS) is 16.2. The molecule has 0 aromatic carbocycles. The molecule has 3 aromatic rings. The number of nitrogens with one attached hydrogen (secondary N) is 1. The number of hydrogen-bond acceptors (Lipinski definition) is 6. The van der Waals surface area contributed by atoms with Gasteiger partial charge in [0.15, 0.2) is 5.65 Å². The lowest BCUT2D eigenvalue weighted by molar-refractivity contribution is 0.185. The number of hydrogen-bond donors (Lipinski definition) is 1. The van der Waals surface area contributed by atoms with Gasteiger partial charge in [0.1, 0.15) is 11.6 Å².